The molecule has 1 amide bonds. The van der Waals surface area contributed by atoms with Crippen LogP contribution >= 0.6 is 23.4 Å². The molecule has 0 aliphatic carbocycles. The smallest absolute Gasteiger partial charge is 0.261 e. The summed E-state index contributed by atoms with van der Waals surface area (Å²) >= 11 is 7.82. The molecule has 0 atom stereocenters. The number of hydrogen-bond acceptors (Lipinski definition) is 4. The number of anilines is 1. The predicted octanol–water partition coefficient (Wildman–Crippen LogP) is 5.28. The highest BCUT2D eigenvalue weighted by Gasteiger charge is 2.16. The Balaban J connectivity index is 1.62. The van der Waals surface area contributed by atoms with Gasteiger partial charge < -0.3 is 5.32 Å². The molecule has 0 aliphatic heterocycles. The Morgan fingerprint density at radius 2 is 1.55 bits per heavy atom. The van der Waals surface area contributed by atoms with E-state index in [4.69, 9.17) is 11.6 Å². The van der Waals surface area contributed by atoms with Crippen LogP contribution in [0.15, 0.2) is 76.5 Å². The lowest BCUT2D eigenvalue weighted by Crippen LogP contribution is -2.26. The number of halogens is 1. The van der Waals surface area contributed by atoms with Gasteiger partial charge in [-0.25, -0.2) is 8.42 Å². The number of carbonyl (C=O) groups is 1. The minimum atomic E-state index is -3.77. The number of hydrogen-bond donors (Lipinski definition) is 2. The van der Waals surface area contributed by atoms with Crippen molar-refractivity contribution >= 4 is 45.0 Å². The van der Waals surface area contributed by atoms with Crippen molar-refractivity contribution in [3.63, 3.8) is 0 Å². The first-order valence-corrected chi connectivity index (χ1v) is 12.5. The Morgan fingerprint density at radius 1 is 0.935 bits per heavy atom. The molecule has 0 saturated heterocycles. The van der Waals surface area contributed by atoms with Gasteiger partial charge in [-0.2, -0.15) is 0 Å². The average molecular weight is 475 g/mol. The van der Waals surface area contributed by atoms with E-state index < -0.39 is 10.0 Å². The summed E-state index contributed by atoms with van der Waals surface area (Å²) in [5, 5.41) is 3.08. The van der Waals surface area contributed by atoms with E-state index >= 15 is 0 Å². The van der Waals surface area contributed by atoms with Crippen LogP contribution in [0.3, 0.4) is 0 Å². The third-order valence-electron chi connectivity index (χ3n) is 4.47. The fourth-order valence-electron chi connectivity index (χ4n) is 2.76. The van der Waals surface area contributed by atoms with E-state index in [0.29, 0.717) is 12.3 Å². The maximum Gasteiger partial charge on any atom is 0.261 e. The normalized spacial score (nSPS) is 11.2. The lowest BCUT2D eigenvalue weighted by molar-refractivity contribution is 0.0956. The molecule has 0 unspecified atom stereocenters. The van der Waals surface area contributed by atoms with Crippen LogP contribution in [0.25, 0.3) is 0 Å². The summed E-state index contributed by atoms with van der Waals surface area (Å²) in [6, 6.07) is 19.2. The molecular formula is C23H23ClN2O3S2. The van der Waals surface area contributed by atoms with Crippen molar-refractivity contribution in [1.29, 1.82) is 0 Å². The van der Waals surface area contributed by atoms with Crippen LogP contribution in [0.2, 0.25) is 5.02 Å². The summed E-state index contributed by atoms with van der Waals surface area (Å²) in [4.78, 5) is 13.8. The molecule has 5 nitrogen and oxygen atoms in total. The number of carbonyl (C=O) groups excluding carboxylic acids is 1. The first-order valence-electron chi connectivity index (χ1n) is 9.61. The number of rotatable bonds is 8. The number of aryl methyl sites for hydroxylation is 2. The largest absolute Gasteiger partial charge is 0.351 e. The van der Waals surface area contributed by atoms with Crippen molar-refractivity contribution in [2.75, 3.05) is 17.0 Å². The topological polar surface area (TPSA) is 75.3 Å². The summed E-state index contributed by atoms with van der Waals surface area (Å²) in [5.74, 6) is 0.345. The van der Waals surface area contributed by atoms with Gasteiger partial charge in [-0.3, -0.25) is 9.52 Å². The zero-order valence-corrected chi connectivity index (χ0v) is 19.6. The maximum atomic E-state index is 12.6. The van der Waals surface area contributed by atoms with Gasteiger partial charge in [-0.1, -0.05) is 47.0 Å². The lowest BCUT2D eigenvalue weighted by Gasteiger charge is -2.11. The SMILES string of the molecule is Cc1ccc(SCCNC(=O)c2cc(NS(=O)(=O)c3ccc(C)cc3)ccc2Cl)cc1. The van der Waals surface area contributed by atoms with E-state index in [1.54, 1.807) is 23.9 Å². The summed E-state index contributed by atoms with van der Waals surface area (Å²) in [6.45, 7) is 4.37. The lowest BCUT2D eigenvalue weighted by atomic mass is 10.2. The van der Waals surface area contributed by atoms with E-state index in [2.05, 4.69) is 10.0 Å². The summed E-state index contributed by atoms with van der Waals surface area (Å²) < 4.78 is 27.7. The van der Waals surface area contributed by atoms with Gasteiger partial charge in [0.05, 0.1) is 15.5 Å². The number of thioether (sulfide) groups is 1. The molecular weight excluding hydrogens is 452 g/mol. The van der Waals surface area contributed by atoms with E-state index in [1.807, 2.05) is 38.1 Å². The van der Waals surface area contributed by atoms with E-state index in [-0.39, 0.29) is 27.1 Å². The molecule has 0 fully saturated rings. The second-order valence-corrected chi connectivity index (χ2v) is 10.3. The average Bonchev–Trinajstić information content (AvgIpc) is 2.74. The van der Waals surface area contributed by atoms with Crippen molar-refractivity contribution in [3.8, 4) is 0 Å². The van der Waals surface area contributed by atoms with Crippen LogP contribution in [0, 0.1) is 13.8 Å². The Labute approximate surface area is 192 Å². The molecule has 0 heterocycles. The van der Waals surface area contributed by atoms with Gasteiger partial charge >= 0.3 is 0 Å². The van der Waals surface area contributed by atoms with Crippen molar-refractivity contribution < 1.29 is 13.2 Å². The second kappa shape index (κ2) is 10.2. The number of nitrogens with one attached hydrogen (secondary N) is 2. The van der Waals surface area contributed by atoms with Crippen molar-refractivity contribution in [1.82, 2.24) is 5.32 Å². The van der Waals surface area contributed by atoms with Crippen LogP contribution in [-0.4, -0.2) is 26.6 Å². The molecule has 3 rings (SSSR count). The molecule has 2 N–H and O–H groups in total. The van der Waals surface area contributed by atoms with Gasteiger partial charge in [0.15, 0.2) is 0 Å². The third kappa shape index (κ3) is 6.50. The van der Waals surface area contributed by atoms with Gasteiger partial charge in [0, 0.05) is 22.9 Å². The number of benzene rings is 3. The molecule has 0 spiro atoms. The zero-order chi connectivity index (χ0) is 22.4. The molecule has 8 heteroatoms. The molecule has 3 aromatic carbocycles. The van der Waals surface area contributed by atoms with Gasteiger partial charge in [0.25, 0.3) is 15.9 Å². The highest BCUT2D eigenvalue weighted by Crippen LogP contribution is 2.23. The molecule has 0 saturated carbocycles. The Hall–Kier alpha value is -2.48. The first kappa shape index (κ1) is 23.2. The fourth-order valence-corrected chi connectivity index (χ4v) is 4.78. The molecule has 0 radical (unpaired) electrons. The zero-order valence-electron chi connectivity index (χ0n) is 17.2. The highest BCUT2D eigenvalue weighted by molar-refractivity contribution is 7.99. The van der Waals surface area contributed by atoms with Crippen LogP contribution in [0.1, 0.15) is 21.5 Å². The number of amides is 1. The Morgan fingerprint density at radius 3 is 2.19 bits per heavy atom. The fraction of sp³-hybridized carbons (Fsp3) is 0.174. The maximum absolute atomic E-state index is 12.6. The monoisotopic (exact) mass is 474 g/mol. The predicted molar refractivity (Wildman–Crippen MR) is 128 cm³/mol. The van der Waals surface area contributed by atoms with Crippen molar-refractivity contribution in [2.24, 2.45) is 0 Å². The van der Waals surface area contributed by atoms with Gasteiger partial charge in [-0.05, 0) is 56.3 Å². The second-order valence-electron chi connectivity index (χ2n) is 7.03. The molecule has 0 aromatic heterocycles. The summed E-state index contributed by atoms with van der Waals surface area (Å²) in [7, 11) is -3.77. The third-order valence-corrected chi connectivity index (χ3v) is 7.21. The van der Waals surface area contributed by atoms with Crippen LogP contribution in [0.4, 0.5) is 5.69 Å². The summed E-state index contributed by atoms with van der Waals surface area (Å²) in [6.07, 6.45) is 0. The molecule has 0 aliphatic rings. The first-order chi connectivity index (χ1) is 14.7. The summed E-state index contributed by atoms with van der Waals surface area (Å²) in [5.41, 5.74) is 2.64. The quantitative estimate of drug-likeness (QED) is 0.344. The van der Waals surface area contributed by atoms with Crippen molar-refractivity contribution in [3.05, 3.63) is 88.4 Å². The highest BCUT2D eigenvalue weighted by atomic mass is 35.5. The minimum Gasteiger partial charge on any atom is -0.351 e. The number of sulfonamides is 1. The molecule has 31 heavy (non-hydrogen) atoms. The van der Waals surface area contributed by atoms with Crippen LogP contribution in [-0.2, 0) is 10.0 Å². The van der Waals surface area contributed by atoms with Crippen LogP contribution < -0.4 is 10.0 Å². The van der Waals surface area contributed by atoms with E-state index in [9.17, 15) is 13.2 Å². The van der Waals surface area contributed by atoms with Gasteiger partial charge in [0.1, 0.15) is 0 Å². The van der Waals surface area contributed by atoms with E-state index in [1.165, 1.54) is 35.9 Å². The molecule has 162 valence electrons. The van der Waals surface area contributed by atoms with Gasteiger partial charge in [0.2, 0.25) is 0 Å². The standard InChI is InChI=1S/C23H23ClN2O3S2/c1-16-3-8-19(9-4-16)30-14-13-25-23(27)21-15-18(7-12-22(21)24)26-31(28,29)20-10-5-17(2)6-11-20/h3-12,15,26H,13-14H2,1-2H3,(H,25,27). The molecule has 0 bridgehead atoms. The Kier molecular flexibility index (Phi) is 7.64. The van der Waals surface area contributed by atoms with E-state index in [0.717, 1.165) is 10.5 Å². The Bertz CT molecular complexity index is 1160. The molecule has 3 aromatic rings. The van der Waals surface area contributed by atoms with Crippen LogP contribution in [0.5, 0.6) is 0 Å². The van der Waals surface area contributed by atoms with Gasteiger partial charge in [-0.15, -0.1) is 11.8 Å². The minimum absolute atomic E-state index is 0.146. The van der Waals surface area contributed by atoms with Crippen molar-refractivity contribution in [2.45, 2.75) is 23.6 Å².